The van der Waals surface area contributed by atoms with Crippen LogP contribution in [0.2, 0.25) is 0 Å². The first-order valence-corrected chi connectivity index (χ1v) is 8.97. The summed E-state index contributed by atoms with van der Waals surface area (Å²) in [7, 11) is 0. The Labute approximate surface area is 137 Å². The third-order valence-corrected chi connectivity index (χ3v) is 5.10. The van der Waals surface area contributed by atoms with Crippen molar-refractivity contribution in [3.05, 3.63) is 11.8 Å². The Morgan fingerprint density at radius 2 is 2.00 bits per heavy atom. The molecule has 0 aliphatic heterocycles. The highest BCUT2D eigenvalue weighted by atomic mass is 16.4. The molecule has 0 saturated heterocycles. The molecule has 0 spiro atoms. The number of aliphatic hydroxyl groups excluding tert-OH is 1. The fourth-order valence-corrected chi connectivity index (χ4v) is 3.72. The van der Waals surface area contributed by atoms with Gasteiger partial charge >= 0.3 is 0 Å². The molecule has 2 aliphatic rings. The molecular formula is C17H27N3O3. The van der Waals surface area contributed by atoms with Gasteiger partial charge in [-0.05, 0) is 38.0 Å². The van der Waals surface area contributed by atoms with Crippen molar-refractivity contribution >= 4 is 5.91 Å². The van der Waals surface area contributed by atoms with Crippen molar-refractivity contribution in [2.75, 3.05) is 6.54 Å². The van der Waals surface area contributed by atoms with Crippen molar-refractivity contribution in [2.24, 2.45) is 5.92 Å². The van der Waals surface area contributed by atoms with Crippen LogP contribution in [-0.4, -0.2) is 33.9 Å². The van der Waals surface area contributed by atoms with Crippen LogP contribution in [0.1, 0.15) is 75.5 Å². The molecule has 23 heavy (non-hydrogen) atoms. The normalized spacial score (nSPS) is 25.6. The first kappa shape index (κ1) is 16.4. The zero-order valence-electron chi connectivity index (χ0n) is 13.7. The Balaban J connectivity index is 1.37. The molecule has 3 rings (SSSR count). The van der Waals surface area contributed by atoms with Gasteiger partial charge < -0.3 is 14.8 Å². The number of aliphatic hydroxyl groups is 1. The van der Waals surface area contributed by atoms with E-state index in [4.69, 9.17) is 4.42 Å². The minimum absolute atomic E-state index is 0.0191. The topological polar surface area (TPSA) is 88.2 Å². The Morgan fingerprint density at radius 3 is 2.78 bits per heavy atom. The van der Waals surface area contributed by atoms with E-state index in [1.807, 2.05) is 0 Å². The number of nitrogens with one attached hydrogen (secondary N) is 1. The Morgan fingerprint density at radius 1 is 1.17 bits per heavy atom. The Hall–Kier alpha value is -1.43. The van der Waals surface area contributed by atoms with Crippen molar-refractivity contribution in [3.63, 3.8) is 0 Å². The second kappa shape index (κ2) is 7.90. The van der Waals surface area contributed by atoms with Gasteiger partial charge in [-0.3, -0.25) is 4.79 Å². The number of rotatable bonds is 6. The molecule has 1 aromatic rings. The molecule has 2 fully saturated rings. The van der Waals surface area contributed by atoms with Crippen LogP contribution in [0.5, 0.6) is 0 Å². The minimum atomic E-state index is -0.196. The molecule has 2 unspecified atom stereocenters. The van der Waals surface area contributed by atoms with E-state index in [2.05, 4.69) is 15.5 Å². The number of hydrogen-bond acceptors (Lipinski definition) is 5. The first-order valence-electron chi connectivity index (χ1n) is 8.97. The molecule has 2 saturated carbocycles. The lowest BCUT2D eigenvalue weighted by Crippen LogP contribution is -2.33. The summed E-state index contributed by atoms with van der Waals surface area (Å²) in [5, 5.41) is 20.8. The van der Waals surface area contributed by atoms with E-state index in [-0.39, 0.29) is 12.0 Å². The number of carbonyl (C=O) groups is 1. The van der Waals surface area contributed by atoms with Crippen LogP contribution in [-0.2, 0) is 11.2 Å². The number of nitrogens with zero attached hydrogens (tertiary/aromatic N) is 2. The summed E-state index contributed by atoms with van der Waals surface area (Å²) in [6.45, 7) is 0.660. The molecule has 1 heterocycles. The van der Waals surface area contributed by atoms with Gasteiger partial charge in [-0.25, -0.2) is 0 Å². The zero-order valence-corrected chi connectivity index (χ0v) is 13.7. The van der Waals surface area contributed by atoms with E-state index in [0.29, 0.717) is 37.1 Å². The number of carbonyl (C=O) groups excluding carboxylic acids is 1. The van der Waals surface area contributed by atoms with Crippen LogP contribution in [0.25, 0.3) is 0 Å². The van der Waals surface area contributed by atoms with E-state index in [1.54, 1.807) is 0 Å². The van der Waals surface area contributed by atoms with Crippen LogP contribution < -0.4 is 5.32 Å². The highest BCUT2D eigenvalue weighted by molar-refractivity contribution is 5.75. The maximum Gasteiger partial charge on any atom is 0.220 e. The molecule has 0 radical (unpaired) electrons. The van der Waals surface area contributed by atoms with Crippen LogP contribution in [0.3, 0.4) is 0 Å². The maximum atomic E-state index is 11.9. The molecular weight excluding hydrogens is 294 g/mol. The third-order valence-electron chi connectivity index (χ3n) is 5.10. The highest BCUT2D eigenvalue weighted by Gasteiger charge is 2.23. The van der Waals surface area contributed by atoms with Gasteiger partial charge in [0.05, 0.1) is 6.10 Å². The van der Waals surface area contributed by atoms with Gasteiger partial charge in [0.15, 0.2) is 0 Å². The standard InChI is InChI=1S/C17H27N3O3/c21-14-7-3-4-12(10-14)11-18-15(22)8-9-16-19-20-17(23-16)13-5-1-2-6-13/h12-14,21H,1-11H2,(H,18,22). The summed E-state index contributed by atoms with van der Waals surface area (Å²) in [6.07, 6.45) is 9.25. The predicted molar refractivity (Wildman–Crippen MR) is 84.8 cm³/mol. The van der Waals surface area contributed by atoms with Gasteiger partial charge in [0, 0.05) is 25.3 Å². The molecule has 6 heteroatoms. The minimum Gasteiger partial charge on any atom is -0.425 e. The van der Waals surface area contributed by atoms with E-state index in [9.17, 15) is 9.90 Å². The fourth-order valence-electron chi connectivity index (χ4n) is 3.72. The summed E-state index contributed by atoms with van der Waals surface area (Å²) < 4.78 is 5.69. The maximum absolute atomic E-state index is 11.9. The monoisotopic (exact) mass is 321 g/mol. The van der Waals surface area contributed by atoms with E-state index < -0.39 is 0 Å². The molecule has 6 nitrogen and oxygen atoms in total. The number of amides is 1. The SMILES string of the molecule is O=C(CCc1nnc(C2CCCC2)o1)NCC1CCCC(O)C1. The quantitative estimate of drug-likeness (QED) is 0.839. The van der Waals surface area contributed by atoms with Crippen molar-refractivity contribution in [2.45, 2.75) is 76.2 Å². The van der Waals surface area contributed by atoms with Gasteiger partial charge in [0.2, 0.25) is 17.7 Å². The molecule has 0 bridgehead atoms. The van der Waals surface area contributed by atoms with Crippen molar-refractivity contribution in [1.29, 1.82) is 0 Å². The summed E-state index contributed by atoms with van der Waals surface area (Å²) in [4.78, 5) is 11.9. The molecule has 128 valence electrons. The lowest BCUT2D eigenvalue weighted by Gasteiger charge is -2.25. The van der Waals surface area contributed by atoms with Crippen molar-refractivity contribution < 1.29 is 14.3 Å². The van der Waals surface area contributed by atoms with Gasteiger partial charge in [0.25, 0.3) is 0 Å². The predicted octanol–water partition coefficient (Wildman–Crippen LogP) is 2.33. The molecule has 2 atom stereocenters. The molecule has 0 aromatic carbocycles. The Bertz CT molecular complexity index is 511. The molecule has 2 aliphatic carbocycles. The number of aromatic nitrogens is 2. The second-order valence-corrected chi connectivity index (χ2v) is 7.01. The average molecular weight is 321 g/mol. The largest absolute Gasteiger partial charge is 0.425 e. The third kappa shape index (κ3) is 4.77. The summed E-state index contributed by atoms with van der Waals surface area (Å²) in [5.41, 5.74) is 0. The Kier molecular flexibility index (Phi) is 5.65. The van der Waals surface area contributed by atoms with E-state index in [0.717, 1.165) is 44.4 Å². The highest BCUT2D eigenvalue weighted by Crippen LogP contribution is 2.33. The number of aryl methyl sites for hydroxylation is 1. The van der Waals surface area contributed by atoms with Gasteiger partial charge in [0.1, 0.15) is 0 Å². The summed E-state index contributed by atoms with van der Waals surface area (Å²) in [6, 6.07) is 0. The second-order valence-electron chi connectivity index (χ2n) is 7.01. The zero-order chi connectivity index (χ0) is 16.1. The fraction of sp³-hybridized carbons (Fsp3) is 0.824. The molecule has 1 amide bonds. The van der Waals surface area contributed by atoms with Crippen LogP contribution in [0.15, 0.2) is 4.42 Å². The average Bonchev–Trinajstić information content (AvgIpc) is 3.22. The first-order chi connectivity index (χ1) is 11.2. The smallest absolute Gasteiger partial charge is 0.220 e. The van der Waals surface area contributed by atoms with Crippen molar-refractivity contribution in [3.8, 4) is 0 Å². The molecule has 1 aromatic heterocycles. The number of hydrogen-bond donors (Lipinski definition) is 2. The summed E-state index contributed by atoms with van der Waals surface area (Å²) in [5.74, 6) is 2.15. The van der Waals surface area contributed by atoms with Crippen LogP contribution in [0, 0.1) is 5.92 Å². The van der Waals surface area contributed by atoms with Crippen LogP contribution >= 0.6 is 0 Å². The van der Waals surface area contributed by atoms with Gasteiger partial charge in [-0.15, -0.1) is 10.2 Å². The molecule has 2 N–H and O–H groups in total. The lowest BCUT2D eigenvalue weighted by atomic mass is 9.87. The van der Waals surface area contributed by atoms with Gasteiger partial charge in [-0.2, -0.15) is 0 Å². The van der Waals surface area contributed by atoms with Crippen LogP contribution in [0.4, 0.5) is 0 Å². The summed E-state index contributed by atoms with van der Waals surface area (Å²) >= 11 is 0. The lowest BCUT2D eigenvalue weighted by molar-refractivity contribution is -0.121. The van der Waals surface area contributed by atoms with Crippen molar-refractivity contribution in [1.82, 2.24) is 15.5 Å². The van der Waals surface area contributed by atoms with E-state index >= 15 is 0 Å². The van der Waals surface area contributed by atoms with Gasteiger partial charge in [-0.1, -0.05) is 19.3 Å². The van der Waals surface area contributed by atoms with E-state index in [1.165, 1.54) is 12.8 Å².